The van der Waals surface area contributed by atoms with E-state index in [-0.39, 0.29) is 11.0 Å². The van der Waals surface area contributed by atoms with Gasteiger partial charge in [-0.2, -0.15) is 0 Å². The third-order valence-electron chi connectivity index (χ3n) is 8.20. The van der Waals surface area contributed by atoms with Gasteiger partial charge in [0.25, 0.3) is 0 Å². The first-order valence-corrected chi connectivity index (χ1v) is 15.1. The maximum absolute atomic E-state index is 10.9. The molecule has 2 saturated carbocycles. The highest BCUT2D eigenvalue weighted by molar-refractivity contribution is 6.74. The molecule has 1 aromatic carbocycles. The van der Waals surface area contributed by atoms with Crippen molar-refractivity contribution >= 4 is 8.32 Å². The minimum atomic E-state index is -2.05. The van der Waals surface area contributed by atoms with E-state index in [1.54, 1.807) is 0 Å². The number of benzene rings is 1. The van der Waals surface area contributed by atoms with E-state index in [1.807, 2.05) is 6.07 Å². The Morgan fingerprint density at radius 2 is 1.75 bits per heavy atom. The van der Waals surface area contributed by atoms with Crippen LogP contribution in [0.5, 0.6) is 0 Å². The van der Waals surface area contributed by atoms with Gasteiger partial charge in [0, 0.05) is 24.7 Å². The van der Waals surface area contributed by atoms with Gasteiger partial charge in [-0.05, 0) is 49.4 Å². The molecular weight excluding hydrogens is 416 g/mol. The van der Waals surface area contributed by atoms with E-state index in [1.165, 1.54) is 5.56 Å². The van der Waals surface area contributed by atoms with E-state index in [0.717, 1.165) is 25.7 Å². The van der Waals surface area contributed by atoms with E-state index < -0.39 is 25.8 Å². The van der Waals surface area contributed by atoms with Crippen LogP contribution in [0.15, 0.2) is 30.3 Å². The monoisotopic (exact) mass is 456 g/mol. The van der Waals surface area contributed by atoms with E-state index in [2.05, 4.69) is 76.9 Å². The predicted octanol–water partition coefficient (Wildman–Crippen LogP) is 5.16. The zero-order valence-electron chi connectivity index (χ0n) is 20.6. The highest BCUT2D eigenvalue weighted by atomic mass is 28.4. The fraction of sp³-hybridized carbons (Fsp3) is 0.704. The van der Waals surface area contributed by atoms with Crippen LogP contribution in [0.25, 0.3) is 0 Å². The summed E-state index contributed by atoms with van der Waals surface area (Å²) in [7, 11) is -2.05. The van der Waals surface area contributed by atoms with Gasteiger partial charge in [0.2, 0.25) is 0 Å². The molecule has 1 heterocycles. The van der Waals surface area contributed by atoms with E-state index >= 15 is 0 Å². The Bertz CT molecular complexity index is 859. The molecule has 1 saturated heterocycles. The first-order valence-electron chi connectivity index (χ1n) is 12.2. The van der Waals surface area contributed by atoms with Gasteiger partial charge in [-0.3, -0.25) is 0 Å². The van der Waals surface area contributed by atoms with Crippen molar-refractivity contribution in [2.75, 3.05) is 13.2 Å². The maximum Gasteiger partial charge on any atom is 0.194 e. The van der Waals surface area contributed by atoms with Crippen LogP contribution in [-0.4, -0.2) is 44.1 Å². The lowest BCUT2D eigenvalue weighted by atomic mass is 9.56. The lowest BCUT2D eigenvalue weighted by Crippen LogP contribution is -2.60. The Morgan fingerprint density at radius 3 is 2.38 bits per heavy atom. The SMILES string of the molecule is CC(C)(C)[Si](C)(C)O[C@](C)(C#C[C@@H]1[C@H]2CC3(OCCO3)[C@H]2CC[C@H]1O)Cc1ccccc1. The molecule has 176 valence electrons. The molecule has 1 aromatic rings. The van der Waals surface area contributed by atoms with Gasteiger partial charge in [-0.25, -0.2) is 0 Å². The second kappa shape index (κ2) is 8.56. The molecule has 3 fully saturated rings. The van der Waals surface area contributed by atoms with Crippen LogP contribution in [0.2, 0.25) is 18.1 Å². The Balaban J connectivity index is 1.59. The van der Waals surface area contributed by atoms with Crippen molar-refractivity contribution < 1.29 is 19.0 Å². The van der Waals surface area contributed by atoms with Gasteiger partial charge in [0.1, 0.15) is 5.60 Å². The number of hydrogen-bond donors (Lipinski definition) is 1. The quantitative estimate of drug-likeness (QED) is 0.502. The highest BCUT2D eigenvalue weighted by Gasteiger charge is 2.62. The topological polar surface area (TPSA) is 47.9 Å². The Kier molecular flexibility index (Phi) is 6.41. The Morgan fingerprint density at radius 1 is 1.09 bits per heavy atom. The zero-order chi connectivity index (χ0) is 23.2. The second-order valence-corrected chi connectivity index (χ2v) is 16.4. The molecule has 0 bridgehead atoms. The molecule has 0 unspecified atom stereocenters. The van der Waals surface area contributed by atoms with Crippen LogP contribution in [0.4, 0.5) is 0 Å². The van der Waals surface area contributed by atoms with Crippen molar-refractivity contribution in [1.29, 1.82) is 0 Å². The summed E-state index contributed by atoms with van der Waals surface area (Å²) >= 11 is 0. The molecule has 3 aliphatic rings. The number of aliphatic hydroxyl groups is 1. The Labute approximate surface area is 195 Å². The fourth-order valence-electron chi connectivity index (χ4n) is 5.46. The van der Waals surface area contributed by atoms with Crippen molar-refractivity contribution in [3.05, 3.63) is 35.9 Å². The standard InChI is InChI=1S/C27H40O4Si/c1-25(2,3)32(5,6)31-26(4,18-20-10-8-7-9-11-20)15-14-21-22-19-27(29-16-17-30-27)23(22)12-13-24(21)28/h7-11,21-24,28H,12-13,16-19H2,1-6H3/t21-,22-,23+,24-,26-/m1/s1. The molecule has 4 rings (SSSR count). The summed E-state index contributed by atoms with van der Waals surface area (Å²) in [6.07, 6.45) is 2.89. The molecule has 0 aromatic heterocycles. The van der Waals surface area contributed by atoms with Crippen LogP contribution in [0.3, 0.4) is 0 Å². The first-order chi connectivity index (χ1) is 14.9. The smallest absolute Gasteiger partial charge is 0.194 e. The fourth-order valence-corrected chi connectivity index (χ4v) is 7.02. The summed E-state index contributed by atoms with van der Waals surface area (Å²) < 4.78 is 18.9. The summed E-state index contributed by atoms with van der Waals surface area (Å²) in [5, 5.41) is 11.0. The van der Waals surface area contributed by atoms with Gasteiger partial charge in [0.05, 0.1) is 19.3 Å². The van der Waals surface area contributed by atoms with Crippen molar-refractivity contribution in [2.24, 2.45) is 17.8 Å². The second-order valence-electron chi connectivity index (χ2n) is 11.7. The average Bonchev–Trinajstić information content (AvgIpc) is 3.18. The van der Waals surface area contributed by atoms with Crippen molar-refractivity contribution in [2.45, 2.75) is 89.0 Å². The van der Waals surface area contributed by atoms with Gasteiger partial charge < -0.3 is 19.0 Å². The Hall–Kier alpha value is -1.16. The summed E-state index contributed by atoms with van der Waals surface area (Å²) in [5.74, 6) is 7.30. The predicted molar refractivity (Wildman–Crippen MR) is 130 cm³/mol. The minimum absolute atomic E-state index is 0.0507. The molecule has 1 spiro atoms. The minimum Gasteiger partial charge on any atom is -0.401 e. The molecule has 1 N–H and O–H groups in total. The van der Waals surface area contributed by atoms with Gasteiger partial charge >= 0.3 is 0 Å². The van der Waals surface area contributed by atoms with Crippen molar-refractivity contribution in [3.8, 4) is 11.8 Å². The highest BCUT2D eigenvalue weighted by Crippen LogP contribution is 2.57. The third kappa shape index (κ3) is 4.58. The summed E-state index contributed by atoms with van der Waals surface area (Å²) in [4.78, 5) is 0. The van der Waals surface area contributed by atoms with Crippen LogP contribution in [-0.2, 0) is 20.3 Å². The van der Waals surface area contributed by atoms with E-state index in [9.17, 15) is 5.11 Å². The first kappa shape index (κ1) is 24.0. The number of ether oxygens (including phenoxy) is 2. The maximum atomic E-state index is 10.9. The van der Waals surface area contributed by atoms with Crippen molar-refractivity contribution in [1.82, 2.24) is 0 Å². The molecule has 1 aliphatic heterocycles. The van der Waals surface area contributed by atoms with Crippen LogP contribution >= 0.6 is 0 Å². The molecule has 5 atom stereocenters. The summed E-state index contributed by atoms with van der Waals surface area (Å²) in [5.41, 5.74) is 0.624. The molecule has 5 heteroatoms. The number of rotatable bonds is 4. The zero-order valence-corrected chi connectivity index (χ0v) is 21.6. The molecule has 4 nitrogen and oxygen atoms in total. The summed E-state index contributed by atoms with van der Waals surface area (Å²) in [6, 6.07) is 10.5. The number of fused-ring (bicyclic) bond motifs is 2. The van der Waals surface area contributed by atoms with E-state index in [0.29, 0.717) is 25.0 Å². The average molecular weight is 457 g/mol. The van der Waals surface area contributed by atoms with Crippen LogP contribution in [0, 0.1) is 29.6 Å². The molecule has 2 aliphatic carbocycles. The number of hydrogen-bond acceptors (Lipinski definition) is 4. The van der Waals surface area contributed by atoms with Gasteiger partial charge in [0.15, 0.2) is 14.1 Å². The normalized spacial score (nSPS) is 31.2. The molecular formula is C27H40O4Si. The third-order valence-corrected chi connectivity index (χ3v) is 12.8. The van der Waals surface area contributed by atoms with Crippen LogP contribution in [0.1, 0.15) is 52.5 Å². The van der Waals surface area contributed by atoms with Crippen molar-refractivity contribution in [3.63, 3.8) is 0 Å². The lowest BCUT2D eigenvalue weighted by Gasteiger charge is -2.56. The van der Waals surface area contributed by atoms with Gasteiger partial charge in [-0.15, -0.1) is 0 Å². The lowest BCUT2D eigenvalue weighted by molar-refractivity contribution is -0.296. The van der Waals surface area contributed by atoms with Crippen LogP contribution < -0.4 is 0 Å². The number of aliphatic hydroxyl groups excluding tert-OH is 1. The summed E-state index contributed by atoms with van der Waals surface area (Å²) in [6.45, 7) is 14.9. The molecule has 32 heavy (non-hydrogen) atoms. The molecule has 0 amide bonds. The molecule has 0 radical (unpaired) electrons. The van der Waals surface area contributed by atoms with E-state index in [4.69, 9.17) is 13.9 Å². The largest absolute Gasteiger partial charge is 0.401 e. The van der Waals surface area contributed by atoms with Gasteiger partial charge in [-0.1, -0.05) is 62.9 Å².